The molecule has 5 nitrogen and oxygen atoms in total. The highest BCUT2D eigenvalue weighted by Gasteiger charge is 2.23. The van der Waals surface area contributed by atoms with Crippen LogP contribution in [0.3, 0.4) is 0 Å². The average Bonchev–Trinajstić information content (AvgIpc) is 2.53. The van der Waals surface area contributed by atoms with Crippen molar-refractivity contribution in [2.75, 3.05) is 18.9 Å². The van der Waals surface area contributed by atoms with Crippen molar-refractivity contribution < 1.29 is 8.42 Å². The van der Waals surface area contributed by atoms with E-state index in [1.165, 1.54) is 25.5 Å². The zero-order valence-corrected chi connectivity index (χ0v) is 13.6. The number of anilines is 1. The lowest BCUT2D eigenvalue weighted by Gasteiger charge is -2.27. The summed E-state index contributed by atoms with van der Waals surface area (Å²) in [7, 11) is -1.79. The Morgan fingerprint density at radius 1 is 1.24 bits per heavy atom. The van der Waals surface area contributed by atoms with E-state index in [0.29, 0.717) is 18.2 Å². The van der Waals surface area contributed by atoms with Crippen LogP contribution in [0.1, 0.15) is 39.0 Å². The van der Waals surface area contributed by atoms with Crippen molar-refractivity contribution in [3.63, 3.8) is 0 Å². The van der Waals surface area contributed by atoms with Crippen LogP contribution in [0.25, 0.3) is 0 Å². The van der Waals surface area contributed by atoms with Crippen molar-refractivity contribution in [3.05, 3.63) is 18.5 Å². The van der Waals surface area contributed by atoms with Gasteiger partial charge in [-0.15, -0.1) is 0 Å². The van der Waals surface area contributed by atoms with Gasteiger partial charge in [-0.25, -0.2) is 13.1 Å². The topological polar surface area (TPSA) is 71.1 Å². The predicted octanol–water partition coefficient (Wildman–Crippen LogP) is 2.62. The Kier molecular flexibility index (Phi) is 5.58. The number of rotatable bonds is 6. The summed E-state index contributed by atoms with van der Waals surface area (Å²) < 4.78 is 27.5. The number of nitrogens with zero attached hydrogens (tertiary/aromatic N) is 1. The first-order chi connectivity index (χ1) is 10.1. The standard InChI is InChI=1S/C15H25N3O2S/c1-3-12-4-6-13(7-5-12)10-18-21(19,20)15-11-17-9-8-14(15)16-2/h8-9,11-13,18H,3-7,10H2,1-2H3,(H,16,17). The molecule has 1 aromatic rings. The molecule has 0 bridgehead atoms. The smallest absolute Gasteiger partial charge is 0.244 e. The fourth-order valence-electron chi connectivity index (χ4n) is 2.95. The van der Waals surface area contributed by atoms with E-state index in [1.54, 1.807) is 19.3 Å². The van der Waals surface area contributed by atoms with Crippen LogP contribution in [0.15, 0.2) is 23.4 Å². The first-order valence-electron chi connectivity index (χ1n) is 7.68. The van der Waals surface area contributed by atoms with Crippen molar-refractivity contribution >= 4 is 15.7 Å². The molecule has 0 unspecified atom stereocenters. The van der Waals surface area contributed by atoms with E-state index in [2.05, 4.69) is 21.9 Å². The Morgan fingerprint density at radius 2 is 1.90 bits per heavy atom. The lowest BCUT2D eigenvalue weighted by atomic mass is 9.81. The molecule has 0 radical (unpaired) electrons. The Bertz CT molecular complexity index is 552. The largest absolute Gasteiger partial charge is 0.387 e. The average molecular weight is 311 g/mol. The number of hydrogen-bond acceptors (Lipinski definition) is 4. The van der Waals surface area contributed by atoms with Crippen LogP contribution < -0.4 is 10.0 Å². The Morgan fingerprint density at radius 3 is 2.52 bits per heavy atom. The van der Waals surface area contributed by atoms with Crippen LogP contribution >= 0.6 is 0 Å². The van der Waals surface area contributed by atoms with Crippen molar-refractivity contribution in [2.24, 2.45) is 11.8 Å². The summed E-state index contributed by atoms with van der Waals surface area (Å²) >= 11 is 0. The molecule has 1 aliphatic carbocycles. The number of pyridine rings is 1. The number of hydrogen-bond donors (Lipinski definition) is 2. The lowest BCUT2D eigenvalue weighted by molar-refractivity contribution is 0.270. The van der Waals surface area contributed by atoms with Gasteiger partial charge in [-0.1, -0.05) is 26.2 Å². The van der Waals surface area contributed by atoms with Gasteiger partial charge in [0.15, 0.2) is 0 Å². The molecule has 2 rings (SSSR count). The molecule has 0 spiro atoms. The van der Waals surface area contributed by atoms with Gasteiger partial charge < -0.3 is 5.32 Å². The summed E-state index contributed by atoms with van der Waals surface area (Å²) in [5.41, 5.74) is 0.576. The van der Waals surface area contributed by atoms with Crippen molar-refractivity contribution in [1.29, 1.82) is 0 Å². The third-order valence-corrected chi connectivity index (χ3v) is 5.90. The molecule has 0 aliphatic heterocycles. The third-order valence-electron chi connectivity index (χ3n) is 4.45. The van der Waals surface area contributed by atoms with Crippen LogP contribution in [0.2, 0.25) is 0 Å². The molecule has 1 aliphatic rings. The number of sulfonamides is 1. The van der Waals surface area contributed by atoms with Crippen LogP contribution in [0.5, 0.6) is 0 Å². The molecule has 6 heteroatoms. The second-order valence-electron chi connectivity index (χ2n) is 5.77. The van der Waals surface area contributed by atoms with Crippen LogP contribution in [-0.2, 0) is 10.0 Å². The van der Waals surface area contributed by atoms with Crippen LogP contribution in [0.4, 0.5) is 5.69 Å². The first-order valence-corrected chi connectivity index (χ1v) is 9.16. The summed E-state index contributed by atoms with van der Waals surface area (Å²) in [5.74, 6) is 1.28. The highest BCUT2D eigenvalue weighted by atomic mass is 32.2. The van der Waals surface area contributed by atoms with E-state index in [9.17, 15) is 8.42 Å². The number of aromatic nitrogens is 1. The third kappa shape index (κ3) is 4.17. The molecule has 1 heterocycles. The Labute approximate surface area is 127 Å². The normalized spacial score (nSPS) is 23.0. The van der Waals surface area contributed by atoms with Crippen molar-refractivity contribution in [2.45, 2.75) is 43.9 Å². The summed E-state index contributed by atoms with van der Waals surface area (Å²) in [6, 6.07) is 1.67. The maximum Gasteiger partial charge on any atom is 0.244 e. The quantitative estimate of drug-likeness (QED) is 0.847. The zero-order valence-electron chi connectivity index (χ0n) is 12.8. The summed E-state index contributed by atoms with van der Waals surface area (Å²) in [6.45, 7) is 2.76. The molecule has 0 saturated heterocycles. The van der Waals surface area contributed by atoms with Gasteiger partial charge in [-0.2, -0.15) is 0 Å². The molecular weight excluding hydrogens is 286 g/mol. The van der Waals surface area contributed by atoms with Crippen molar-refractivity contribution in [1.82, 2.24) is 9.71 Å². The van der Waals surface area contributed by atoms with E-state index in [1.807, 2.05) is 0 Å². The van der Waals surface area contributed by atoms with E-state index in [4.69, 9.17) is 0 Å². The summed E-state index contributed by atoms with van der Waals surface area (Å²) in [4.78, 5) is 4.13. The van der Waals surface area contributed by atoms with Gasteiger partial charge in [0.2, 0.25) is 10.0 Å². The second kappa shape index (κ2) is 7.22. The number of nitrogens with one attached hydrogen (secondary N) is 2. The molecule has 1 saturated carbocycles. The SMILES string of the molecule is CCC1CCC(CNS(=O)(=O)c2cnccc2NC)CC1. The monoisotopic (exact) mass is 311 g/mol. The van der Waals surface area contributed by atoms with E-state index >= 15 is 0 Å². The first kappa shape index (κ1) is 16.2. The molecule has 0 amide bonds. The van der Waals surface area contributed by atoms with E-state index in [0.717, 1.165) is 18.8 Å². The Balaban J connectivity index is 1.96. The highest BCUT2D eigenvalue weighted by Crippen LogP contribution is 2.30. The fraction of sp³-hybridized carbons (Fsp3) is 0.667. The molecule has 1 aromatic heterocycles. The van der Waals surface area contributed by atoms with Gasteiger partial charge in [-0.3, -0.25) is 4.98 Å². The van der Waals surface area contributed by atoms with Gasteiger partial charge in [0.05, 0.1) is 5.69 Å². The molecule has 0 aromatic carbocycles. The van der Waals surface area contributed by atoms with E-state index in [-0.39, 0.29) is 4.90 Å². The molecule has 21 heavy (non-hydrogen) atoms. The minimum atomic E-state index is -3.50. The maximum atomic E-state index is 12.4. The van der Waals surface area contributed by atoms with Gasteiger partial charge in [0.1, 0.15) is 4.90 Å². The summed E-state index contributed by atoms with van der Waals surface area (Å²) in [5, 5.41) is 2.89. The van der Waals surface area contributed by atoms with Gasteiger partial charge in [0.25, 0.3) is 0 Å². The minimum absolute atomic E-state index is 0.217. The van der Waals surface area contributed by atoms with Crippen LogP contribution in [-0.4, -0.2) is 27.0 Å². The van der Waals surface area contributed by atoms with Crippen LogP contribution in [0, 0.1) is 11.8 Å². The predicted molar refractivity (Wildman–Crippen MR) is 84.7 cm³/mol. The molecule has 2 N–H and O–H groups in total. The lowest BCUT2D eigenvalue weighted by Crippen LogP contribution is -2.31. The molecule has 1 fully saturated rings. The fourth-order valence-corrected chi connectivity index (χ4v) is 4.22. The van der Waals surface area contributed by atoms with Gasteiger partial charge in [0, 0.05) is 26.0 Å². The van der Waals surface area contributed by atoms with Gasteiger partial charge in [-0.05, 0) is 30.7 Å². The minimum Gasteiger partial charge on any atom is -0.387 e. The molecule has 0 atom stereocenters. The zero-order chi connectivity index (χ0) is 15.3. The van der Waals surface area contributed by atoms with Crippen molar-refractivity contribution in [3.8, 4) is 0 Å². The van der Waals surface area contributed by atoms with Gasteiger partial charge >= 0.3 is 0 Å². The molecule has 118 valence electrons. The maximum absolute atomic E-state index is 12.4. The highest BCUT2D eigenvalue weighted by molar-refractivity contribution is 7.89. The Hall–Kier alpha value is -1.14. The van der Waals surface area contributed by atoms with E-state index < -0.39 is 10.0 Å². The second-order valence-corrected chi connectivity index (χ2v) is 7.50. The summed E-state index contributed by atoms with van der Waals surface area (Å²) in [6.07, 6.45) is 8.88. The molecular formula is C15H25N3O2S.